The Labute approximate surface area is 207 Å². The largest absolute Gasteiger partial charge is 0.490 e. The lowest BCUT2D eigenvalue weighted by Gasteiger charge is -2.28. The van der Waals surface area contributed by atoms with E-state index in [9.17, 15) is 18.8 Å². The van der Waals surface area contributed by atoms with Crippen LogP contribution in [-0.4, -0.2) is 47.3 Å². The standard InChI is InChI=1S/C26H29FN2O5S/c27-21-15-19(34-18-7-5-16(6-8-18)13-24(30)31)9-10-20(21)25(32)28-11-12-29-26(33)23-14-17-3-1-2-4-22(17)35-23/h1-4,9-10,15-16,18,23H,5-8,11-14H2,(H,28,32)(H,29,33)(H,30,31)/t16-,18+,23?. The van der Waals surface area contributed by atoms with Crippen LogP contribution in [0.1, 0.15) is 48.0 Å². The molecule has 9 heteroatoms. The summed E-state index contributed by atoms with van der Waals surface area (Å²) in [6, 6.07) is 12.1. The van der Waals surface area contributed by atoms with Crippen molar-refractivity contribution in [3.8, 4) is 5.75 Å². The van der Waals surface area contributed by atoms with Crippen LogP contribution in [0.4, 0.5) is 4.39 Å². The minimum atomic E-state index is -0.786. The molecule has 7 nitrogen and oxygen atoms in total. The summed E-state index contributed by atoms with van der Waals surface area (Å²) < 4.78 is 20.4. The van der Waals surface area contributed by atoms with Crippen molar-refractivity contribution in [3.05, 3.63) is 59.4 Å². The zero-order valence-corrected chi connectivity index (χ0v) is 20.1. The number of carboxylic acids is 1. The summed E-state index contributed by atoms with van der Waals surface area (Å²) in [5.74, 6) is -1.59. The molecule has 2 aliphatic rings. The maximum Gasteiger partial charge on any atom is 0.303 e. The lowest BCUT2D eigenvalue weighted by Crippen LogP contribution is -2.38. The van der Waals surface area contributed by atoms with Gasteiger partial charge in [0.2, 0.25) is 5.91 Å². The number of carbonyl (C=O) groups is 3. The van der Waals surface area contributed by atoms with Crippen LogP contribution < -0.4 is 15.4 Å². The average Bonchev–Trinajstić information content (AvgIpc) is 3.27. The Morgan fingerprint density at radius 2 is 1.77 bits per heavy atom. The van der Waals surface area contributed by atoms with Crippen LogP contribution in [0.25, 0.3) is 0 Å². The zero-order valence-electron chi connectivity index (χ0n) is 19.3. The number of thioether (sulfide) groups is 1. The van der Waals surface area contributed by atoms with Crippen molar-refractivity contribution in [2.75, 3.05) is 13.1 Å². The van der Waals surface area contributed by atoms with Gasteiger partial charge in [0.15, 0.2) is 0 Å². The number of aliphatic carboxylic acids is 1. The van der Waals surface area contributed by atoms with Gasteiger partial charge < -0.3 is 20.5 Å². The van der Waals surface area contributed by atoms with E-state index in [-0.39, 0.29) is 48.3 Å². The molecular weight excluding hydrogens is 471 g/mol. The van der Waals surface area contributed by atoms with E-state index in [1.165, 1.54) is 29.5 Å². The number of benzene rings is 2. The number of amides is 2. The van der Waals surface area contributed by atoms with Crippen LogP contribution in [0.3, 0.4) is 0 Å². The Morgan fingerprint density at radius 1 is 1.03 bits per heavy atom. The Kier molecular flexibility index (Phi) is 8.28. The van der Waals surface area contributed by atoms with Gasteiger partial charge in [-0.2, -0.15) is 0 Å². The van der Waals surface area contributed by atoms with E-state index in [0.717, 1.165) is 30.6 Å². The molecule has 1 aliphatic heterocycles. The molecule has 186 valence electrons. The second kappa shape index (κ2) is 11.6. The third-order valence-electron chi connectivity index (χ3n) is 6.39. The summed E-state index contributed by atoms with van der Waals surface area (Å²) in [6.45, 7) is 0.442. The summed E-state index contributed by atoms with van der Waals surface area (Å²) in [5, 5.41) is 14.2. The van der Waals surface area contributed by atoms with Crippen LogP contribution in [0, 0.1) is 11.7 Å². The molecule has 0 saturated heterocycles. The lowest BCUT2D eigenvalue weighted by molar-refractivity contribution is -0.138. The first-order valence-electron chi connectivity index (χ1n) is 11.9. The molecule has 1 heterocycles. The fourth-order valence-corrected chi connectivity index (χ4v) is 5.77. The van der Waals surface area contributed by atoms with Crippen LogP contribution in [0.5, 0.6) is 5.75 Å². The number of ether oxygens (including phenoxy) is 1. The number of carboxylic acid groups (broad SMARTS) is 1. The smallest absolute Gasteiger partial charge is 0.303 e. The number of rotatable bonds is 9. The van der Waals surface area contributed by atoms with Crippen LogP contribution in [0.15, 0.2) is 47.4 Å². The molecule has 1 fully saturated rings. The van der Waals surface area contributed by atoms with E-state index < -0.39 is 17.7 Å². The van der Waals surface area contributed by atoms with E-state index in [1.54, 1.807) is 6.07 Å². The summed E-state index contributed by atoms with van der Waals surface area (Å²) >= 11 is 1.54. The van der Waals surface area contributed by atoms with Gasteiger partial charge in [-0.1, -0.05) is 18.2 Å². The van der Waals surface area contributed by atoms with Gasteiger partial charge in [0.05, 0.1) is 16.9 Å². The van der Waals surface area contributed by atoms with Gasteiger partial charge in [-0.3, -0.25) is 14.4 Å². The third kappa shape index (κ3) is 6.75. The van der Waals surface area contributed by atoms with Crippen molar-refractivity contribution >= 4 is 29.5 Å². The Bertz CT molecular complexity index is 1060. The fourth-order valence-electron chi connectivity index (χ4n) is 4.55. The number of hydrogen-bond acceptors (Lipinski definition) is 5. The van der Waals surface area contributed by atoms with Crippen molar-refractivity contribution in [1.29, 1.82) is 0 Å². The molecule has 1 atom stereocenters. The number of nitrogens with one attached hydrogen (secondary N) is 2. The topological polar surface area (TPSA) is 105 Å². The normalized spacial score (nSPS) is 21.1. The molecule has 2 aromatic carbocycles. The van der Waals surface area contributed by atoms with Crippen molar-refractivity contribution in [3.63, 3.8) is 0 Å². The summed E-state index contributed by atoms with van der Waals surface area (Å²) in [5.41, 5.74) is 1.08. The average molecular weight is 501 g/mol. The van der Waals surface area contributed by atoms with Gasteiger partial charge in [0.1, 0.15) is 11.6 Å². The Morgan fingerprint density at radius 3 is 2.49 bits per heavy atom. The Balaban J connectivity index is 1.18. The molecule has 4 rings (SSSR count). The molecular formula is C26H29FN2O5S. The molecule has 0 spiro atoms. The van der Waals surface area contributed by atoms with E-state index in [2.05, 4.69) is 10.6 Å². The summed E-state index contributed by atoms with van der Waals surface area (Å²) in [6.07, 6.45) is 3.74. The molecule has 1 unspecified atom stereocenters. The molecule has 2 aromatic rings. The molecule has 2 amide bonds. The summed E-state index contributed by atoms with van der Waals surface area (Å²) in [4.78, 5) is 36.8. The fraction of sp³-hybridized carbons (Fsp3) is 0.423. The maximum absolute atomic E-state index is 14.6. The van der Waals surface area contributed by atoms with E-state index in [1.807, 2.05) is 24.3 Å². The highest BCUT2D eigenvalue weighted by atomic mass is 32.2. The number of hydrogen-bond donors (Lipinski definition) is 3. The first-order chi connectivity index (χ1) is 16.9. The summed E-state index contributed by atoms with van der Waals surface area (Å²) in [7, 11) is 0. The molecule has 0 radical (unpaired) electrons. The first-order valence-corrected chi connectivity index (χ1v) is 12.8. The van der Waals surface area contributed by atoms with Gasteiger partial charge in [-0.15, -0.1) is 11.8 Å². The van der Waals surface area contributed by atoms with E-state index >= 15 is 0 Å². The number of halogens is 1. The molecule has 3 N–H and O–H groups in total. The quantitative estimate of drug-likeness (QED) is 0.453. The van der Waals surface area contributed by atoms with Crippen molar-refractivity contribution in [2.45, 2.75) is 54.8 Å². The second-order valence-electron chi connectivity index (χ2n) is 8.97. The molecule has 0 aromatic heterocycles. The van der Waals surface area contributed by atoms with Crippen molar-refractivity contribution < 1.29 is 28.6 Å². The van der Waals surface area contributed by atoms with Crippen molar-refractivity contribution in [1.82, 2.24) is 10.6 Å². The first kappa shape index (κ1) is 25.0. The van der Waals surface area contributed by atoms with Crippen LogP contribution >= 0.6 is 11.8 Å². The van der Waals surface area contributed by atoms with Gasteiger partial charge in [0, 0.05) is 30.5 Å². The highest BCUT2D eigenvalue weighted by Gasteiger charge is 2.28. The lowest BCUT2D eigenvalue weighted by atomic mass is 9.85. The molecule has 1 saturated carbocycles. The number of carbonyl (C=O) groups excluding carboxylic acids is 2. The Hall–Kier alpha value is -3.07. The SMILES string of the molecule is O=C(O)C[C@H]1CC[C@@H](Oc2ccc(C(=O)NCCNC(=O)C3Cc4ccccc4S3)c(F)c2)CC1. The molecule has 0 bridgehead atoms. The monoisotopic (exact) mass is 500 g/mol. The maximum atomic E-state index is 14.6. The van der Waals surface area contributed by atoms with E-state index in [4.69, 9.17) is 9.84 Å². The minimum absolute atomic E-state index is 0.0786. The highest BCUT2D eigenvalue weighted by molar-refractivity contribution is 8.01. The number of fused-ring (bicyclic) bond motifs is 1. The minimum Gasteiger partial charge on any atom is -0.490 e. The van der Waals surface area contributed by atoms with Crippen LogP contribution in [-0.2, 0) is 16.0 Å². The van der Waals surface area contributed by atoms with Gasteiger partial charge >= 0.3 is 5.97 Å². The highest BCUT2D eigenvalue weighted by Crippen LogP contribution is 2.36. The predicted octanol–water partition coefficient (Wildman–Crippen LogP) is 3.80. The van der Waals surface area contributed by atoms with Crippen LogP contribution in [0.2, 0.25) is 0 Å². The zero-order chi connectivity index (χ0) is 24.8. The molecule has 1 aliphatic carbocycles. The predicted molar refractivity (Wildman–Crippen MR) is 130 cm³/mol. The third-order valence-corrected chi connectivity index (χ3v) is 7.71. The van der Waals surface area contributed by atoms with Gasteiger partial charge in [0.25, 0.3) is 5.91 Å². The van der Waals surface area contributed by atoms with Crippen molar-refractivity contribution in [2.24, 2.45) is 5.92 Å². The van der Waals surface area contributed by atoms with E-state index in [0.29, 0.717) is 12.2 Å². The second-order valence-corrected chi connectivity index (χ2v) is 10.2. The molecule has 35 heavy (non-hydrogen) atoms. The van der Waals surface area contributed by atoms with Gasteiger partial charge in [-0.05, 0) is 61.8 Å². The van der Waals surface area contributed by atoms with Gasteiger partial charge in [-0.25, -0.2) is 4.39 Å².